The molecule has 3 heterocycles. The van der Waals surface area contributed by atoms with E-state index in [1.165, 1.54) is 6.07 Å². The van der Waals surface area contributed by atoms with E-state index in [2.05, 4.69) is 10.3 Å². The van der Waals surface area contributed by atoms with Crippen molar-refractivity contribution in [1.82, 2.24) is 14.9 Å². The van der Waals surface area contributed by atoms with Crippen molar-refractivity contribution in [3.8, 4) is 0 Å². The van der Waals surface area contributed by atoms with Crippen molar-refractivity contribution in [2.24, 2.45) is 0 Å². The summed E-state index contributed by atoms with van der Waals surface area (Å²) in [5.74, 6) is -2.75. The average Bonchev–Trinajstić information content (AvgIpc) is 3.16. The molecule has 1 unspecified atom stereocenters. The summed E-state index contributed by atoms with van der Waals surface area (Å²) in [6.07, 6.45) is -13.9. The number of nitrogen functional groups attached to an aromatic ring is 1. The first-order chi connectivity index (χ1) is 19.0. The van der Waals surface area contributed by atoms with Crippen LogP contribution in [0.1, 0.15) is 19.6 Å². The number of nitrogens with zero attached hydrogens (tertiary/aromatic N) is 2. The van der Waals surface area contributed by atoms with Crippen molar-refractivity contribution >= 4 is 35.9 Å². The molecule has 2 aliphatic heterocycles. The Morgan fingerprint density at radius 2 is 2.00 bits per heavy atom. The molecule has 3 rings (SSSR count). The Kier molecular flexibility index (Phi) is 10.5. The van der Waals surface area contributed by atoms with Gasteiger partial charge in [-0.2, -0.15) is 4.98 Å². The summed E-state index contributed by atoms with van der Waals surface area (Å²) in [7, 11) is 0. The minimum Gasteiger partial charge on any atom is -0.478 e. The second-order valence-corrected chi connectivity index (χ2v) is 13.3. The molecule has 1 aromatic heterocycles. The van der Waals surface area contributed by atoms with Gasteiger partial charge in [0.05, 0.1) is 25.4 Å². The molecule has 0 aromatic carbocycles. The van der Waals surface area contributed by atoms with E-state index in [0.29, 0.717) is 0 Å². The van der Waals surface area contributed by atoms with Crippen molar-refractivity contribution in [1.29, 1.82) is 0 Å². The second kappa shape index (κ2) is 13.0. The number of carbonyl (C=O) groups is 2. The Morgan fingerprint density at radius 1 is 1.34 bits per heavy atom. The zero-order chi connectivity index (χ0) is 30.9. The molecule has 2 aliphatic rings. The molecule has 0 bridgehead atoms. The lowest BCUT2D eigenvalue weighted by molar-refractivity contribution is -0.204. The van der Waals surface area contributed by atoms with E-state index < -0.39 is 104 Å². The standard InChI is InChI=1S/C20H31N4O15PS/c1-7(26)22-12-8(27)4-20(18(32)33,39-16(12)13(29)9(28)5-25)41-40(35,36)37-6-10-14(30)15(31)17(38-10)24-3-2-11(21)23-19(24)34/h2-3,8-10,12-17,25,27-31H,4-6H2,1H3,(H,22,26)(H,32,33)(H,35,36)(H2,21,23,34)/t8-,9+,10+,12+,13+,14+,15+,16+,17+,20+/m0/s1. The fourth-order valence-electron chi connectivity index (χ4n) is 4.32. The van der Waals surface area contributed by atoms with Crippen molar-refractivity contribution < 1.29 is 68.8 Å². The van der Waals surface area contributed by atoms with Crippen LogP contribution >= 0.6 is 18.2 Å². The number of aliphatic hydroxyl groups excluding tert-OH is 6. The predicted octanol–water partition coefficient (Wildman–Crippen LogP) is -4.56. The van der Waals surface area contributed by atoms with Gasteiger partial charge in [-0.3, -0.25) is 13.9 Å². The van der Waals surface area contributed by atoms with Crippen LogP contribution in [-0.2, 0) is 28.2 Å². The third-order valence-electron chi connectivity index (χ3n) is 6.31. The SMILES string of the molecule is CC(=O)N[C@H]1[C@H]([C@H](O)[C@H](O)CO)O[C@](SP(=O)(O)OC[C@H]2O[C@@H](n3ccc(N)nc3=O)[C@H](O)[C@@H]2O)(C(=O)O)C[C@@H]1O. The topological polar surface area (TPSA) is 314 Å². The van der Waals surface area contributed by atoms with Gasteiger partial charge in [-0.15, -0.1) is 0 Å². The Labute approximate surface area is 234 Å². The van der Waals surface area contributed by atoms with Crippen LogP contribution in [0, 0.1) is 0 Å². The van der Waals surface area contributed by atoms with E-state index >= 15 is 0 Å². The van der Waals surface area contributed by atoms with E-state index in [1.54, 1.807) is 0 Å². The third-order valence-corrected chi connectivity index (χ3v) is 9.65. The molecule has 2 saturated heterocycles. The minimum absolute atomic E-state index is 0.121. The van der Waals surface area contributed by atoms with Gasteiger partial charge in [0.1, 0.15) is 42.4 Å². The number of rotatable bonds is 11. The first kappa shape index (κ1) is 33.3. The Balaban J connectivity index is 1.79. The summed E-state index contributed by atoms with van der Waals surface area (Å²) in [6.45, 7) is -5.98. The van der Waals surface area contributed by atoms with Crippen LogP contribution in [0.25, 0.3) is 0 Å². The number of ether oxygens (including phenoxy) is 2. The number of aliphatic carboxylic acids is 1. The summed E-state index contributed by atoms with van der Waals surface area (Å²) in [4.78, 5) is 47.2. The number of nitrogens with one attached hydrogen (secondary N) is 1. The van der Waals surface area contributed by atoms with Crippen LogP contribution < -0.4 is 16.7 Å². The van der Waals surface area contributed by atoms with E-state index in [0.717, 1.165) is 17.7 Å². The smallest absolute Gasteiger partial charge is 0.389 e. The van der Waals surface area contributed by atoms with Crippen LogP contribution in [0.2, 0.25) is 0 Å². The lowest BCUT2D eigenvalue weighted by Gasteiger charge is -2.46. The fourth-order valence-corrected chi connectivity index (χ4v) is 7.60. The van der Waals surface area contributed by atoms with E-state index in [9.17, 15) is 59.6 Å². The van der Waals surface area contributed by atoms with Crippen molar-refractivity contribution in [3.63, 3.8) is 0 Å². The molecule has 0 aliphatic carbocycles. The molecule has 19 nitrogen and oxygen atoms in total. The molecule has 11 N–H and O–H groups in total. The third kappa shape index (κ3) is 7.42. The van der Waals surface area contributed by atoms with Crippen molar-refractivity contribution in [3.05, 3.63) is 22.7 Å². The lowest BCUT2D eigenvalue weighted by Crippen LogP contribution is -2.66. The number of aromatic nitrogens is 2. The van der Waals surface area contributed by atoms with Gasteiger partial charge in [0.25, 0.3) is 0 Å². The highest BCUT2D eigenvalue weighted by molar-refractivity contribution is 8.55. The molecule has 0 saturated carbocycles. The Bertz CT molecular complexity index is 1220. The number of anilines is 1. The highest BCUT2D eigenvalue weighted by atomic mass is 32.7. The average molecular weight is 631 g/mol. The summed E-state index contributed by atoms with van der Waals surface area (Å²) in [6, 6.07) is -0.279. The molecular formula is C20H31N4O15PS. The molecule has 1 amide bonds. The normalized spacial score (nSPS) is 34.9. The van der Waals surface area contributed by atoms with Crippen LogP contribution in [0.5, 0.6) is 0 Å². The number of hydrogen-bond donors (Lipinski definition) is 10. The minimum atomic E-state index is -5.10. The zero-order valence-corrected chi connectivity index (χ0v) is 22.9. The van der Waals surface area contributed by atoms with Crippen molar-refractivity contribution in [2.45, 2.75) is 73.3 Å². The van der Waals surface area contributed by atoms with Gasteiger partial charge in [-0.25, -0.2) is 14.2 Å². The number of carboxylic acids is 1. The van der Waals surface area contributed by atoms with E-state index in [-0.39, 0.29) is 17.2 Å². The molecule has 0 spiro atoms. The second-order valence-electron chi connectivity index (χ2n) is 9.32. The van der Waals surface area contributed by atoms with E-state index in [4.69, 9.17) is 19.7 Å². The maximum Gasteiger partial charge on any atom is 0.389 e. The number of hydrogen-bond acceptors (Lipinski definition) is 16. The summed E-state index contributed by atoms with van der Waals surface area (Å²) in [5.41, 5.74) is 4.49. The molecule has 21 heteroatoms. The van der Waals surface area contributed by atoms with Gasteiger partial charge >= 0.3 is 18.5 Å². The maximum absolute atomic E-state index is 13.0. The van der Waals surface area contributed by atoms with Crippen LogP contribution in [0.3, 0.4) is 0 Å². The van der Waals surface area contributed by atoms with Crippen LogP contribution in [-0.4, -0.2) is 129 Å². The molecule has 232 valence electrons. The number of nitrogens with two attached hydrogens (primary N) is 1. The van der Waals surface area contributed by atoms with E-state index in [1.807, 2.05) is 0 Å². The van der Waals surface area contributed by atoms with Gasteiger partial charge in [0.15, 0.2) is 6.23 Å². The van der Waals surface area contributed by atoms with Gasteiger partial charge in [-0.05, 0) is 6.07 Å². The van der Waals surface area contributed by atoms with Crippen LogP contribution in [0.4, 0.5) is 5.82 Å². The van der Waals surface area contributed by atoms with Crippen molar-refractivity contribution in [2.75, 3.05) is 18.9 Å². The molecule has 1 aromatic rings. The number of carboxylic acid groups (broad SMARTS) is 1. The summed E-state index contributed by atoms with van der Waals surface area (Å²) in [5, 5.41) is 73.1. The maximum atomic E-state index is 13.0. The summed E-state index contributed by atoms with van der Waals surface area (Å²) >= 11 is -0.309. The predicted molar refractivity (Wildman–Crippen MR) is 135 cm³/mol. The van der Waals surface area contributed by atoms with Crippen LogP contribution in [0.15, 0.2) is 17.1 Å². The van der Waals surface area contributed by atoms with Gasteiger partial charge in [0, 0.05) is 30.9 Å². The van der Waals surface area contributed by atoms with Gasteiger partial charge in [0.2, 0.25) is 10.8 Å². The molecule has 41 heavy (non-hydrogen) atoms. The molecule has 11 atom stereocenters. The first-order valence-electron chi connectivity index (χ1n) is 11.9. The zero-order valence-electron chi connectivity index (χ0n) is 21.2. The van der Waals surface area contributed by atoms with Gasteiger partial charge < -0.3 is 61.2 Å². The quantitative estimate of drug-likeness (QED) is 0.103. The summed E-state index contributed by atoms with van der Waals surface area (Å²) < 4.78 is 29.6. The molecule has 2 fully saturated rings. The fraction of sp³-hybridized carbons (Fsp3) is 0.700. The monoisotopic (exact) mass is 630 g/mol. The number of carbonyl (C=O) groups excluding carboxylic acids is 1. The Hall–Kier alpha value is -2.20. The first-order valence-corrected chi connectivity index (χ1v) is 14.9. The highest BCUT2D eigenvalue weighted by Crippen LogP contribution is 2.64. The van der Waals surface area contributed by atoms with Gasteiger partial charge in [-0.1, -0.05) is 0 Å². The largest absolute Gasteiger partial charge is 0.478 e. The molecule has 0 radical (unpaired) electrons. The highest BCUT2D eigenvalue weighted by Gasteiger charge is 2.58. The number of aliphatic hydroxyl groups is 6. The lowest BCUT2D eigenvalue weighted by atomic mass is 9.90. The number of amides is 1. The molecular weight excluding hydrogens is 599 g/mol. The Morgan fingerprint density at radius 3 is 2.56 bits per heavy atom.